The molecule has 1 aromatic carbocycles. The Morgan fingerprint density at radius 3 is 2.61 bits per heavy atom. The lowest BCUT2D eigenvalue weighted by atomic mass is 9.95. The van der Waals surface area contributed by atoms with Crippen molar-refractivity contribution in [1.29, 1.82) is 0 Å². The molecule has 1 aromatic rings. The lowest BCUT2D eigenvalue weighted by molar-refractivity contribution is -0.122. The zero-order chi connectivity index (χ0) is 12.6. The minimum Gasteiger partial charge on any atom is -0.305 e. The lowest BCUT2D eigenvalue weighted by Gasteiger charge is -2.15. The van der Waals surface area contributed by atoms with Crippen LogP contribution in [0.15, 0.2) is 33.7 Å². The maximum absolute atomic E-state index is 12.4. The van der Waals surface area contributed by atoms with Crippen LogP contribution in [0.3, 0.4) is 0 Å². The maximum Gasteiger partial charge on any atom is 0.236 e. The summed E-state index contributed by atoms with van der Waals surface area (Å²) in [5.74, 6) is 1.07. The Hall–Kier alpha value is -0.810. The number of amidine groups is 1. The number of amides is 1. The molecule has 1 fully saturated rings. The molecule has 0 bridgehead atoms. The highest BCUT2D eigenvalue weighted by Gasteiger charge is 2.51. The summed E-state index contributed by atoms with van der Waals surface area (Å²) < 4.78 is 1.04. The van der Waals surface area contributed by atoms with Gasteiger partial charge >= 0.3 is 0 Å². The third kappa shape index (κ3) is 2.21. The van der Waals surface area contributed by atoms with Gasteiger partial charge in [-0.3, -0.25) is 9.79 Å². The molecule has 1 aliphatic carbocycles. The van der Waals surface area contributed by atoms with Crippen molar-refractivity contribution in [3.05, 3.63) is 34.3 Å². The predicted octanol–water partition coefficient (Wildman–Crippen LogP) is 2.70. The quantitative estimate of drug-likeness (QED) is 0.908. The van der Waals surface area contributed by atoms with Gasteiger partial charge in [-0.1, -0.05) is 39.8 Å². The summed E-state index contributed by atoms with van der Waals surface area (Å²) in [5.41, 5.74) is 0.790. The van der Waals surface area contributed by atoms with E-state index in [0.717, 1.165) is 40.3 Å². The Labute approximate surface area is 119 Å². The second kappa shape index (κ2) is 4.70. The Balaban J connectivity index is 1.77. The highest BCUT2D eigenvalue weighted by atomic mass is 79.9. The summed E-state index contributed by atoms with van der Waals surface area (Å²) in [6.45, 7) is 0.811. The maximum atomic E-state index is 12.4. The second-order valence-corrected chi connectivity index (χ2v) is 6.58. The van der Waals surface area contributed by atoms with Crippen molar-refractivity contribution in [1.82, 2.24) is 5.32 Å². The van der Waals surface area contributed by atoms with Crippen LogP contribution in [0.5, 0.6) is 0 Å². The average Bonchev–Trinajstić information content (AvgIpc) is 3.03. The van der Waals surface area contributed by atoms with Gasteiger partial charge in [-0.2, -0.15) is 0 Å². The van der Waals surface area contributed by atoms with Gasteiger partial charge in [0.25, 0.3) is 0 Å². The highest BCUT2D eigenvalue weighted by molar-refractivity contribution is 9.10. The molecule has 94 valence electrons. The number of hydrogen-bond donors (Lipinski definition) is 1. The molecule has 3 rings (SSSR count). The van der Waals surface area contributed by atoms with Crippen molar-refractivity contribution < 1.29 is 4.79 Å². The van der Waals surface area contributed by atoms with Crippen LogP contribution in [0.1, 0.15) is 18.4 Å². The van der Waals surface area contributed by atoms with Crippen LogP contribution in [0, 0.1) is 0 Å². The van der Waals surface area contributed by atoms with Crippen LogP contribution < -0.4 is 5.32 Å². The summed E-state index contributed by atoms with van der Waals surface area (Å²) in [6, 6.07) is 8.04. The molecule has 1 saturated carbocycles. The van der Waals surface area contributed by atoms with E-state index in [9.17, 15) is 4.79 Å². The summed E-state index contributed by atoms with van der Waals surface area (Å²) >= 11 is 5.04. The number of aliphatic imine (C=N–C) groups is 1. The van der Waals surface area contributed by atoms with E-state index >= 15 is 0 Å². The molecule has 0 saturated heterocycles. The number of nitrogens with one attached hydrogen (secondary N) is 1. The van der Waals surface area contributed by atoms with Crippen LogP contribution >= 0.6 is 27.7 Å². The van der Waals surface area contributed by atoms with Gasteiger partial charge in [0.1, 0.15) is 0 Å². The topological polar surface area (TPSA) is 41.5 Å². The molecule has 5 heteroatoms. The van der Waals surface area contributed by atoms with E-state index in [-0.39, 0.29) is 11.3 Å². The standard InChI is InChI=1S/C13H13BrN2OS/c14-10-3-1-9(2-4-10)13(5-6-13)11(17)16-12-15-7-8-18-12/h1-4H,5-8H2,(H,15,16,17). The van der Waals surface area contributed by atoms with Crippen molar-refractivity contribution in [2.75, 3.05) is 12.3 Å². The molecule has 1 amide bonds. The molecule has 0 aromatic heterocycles. The molecule has 0 spiro atoms. The number of carbonyl (C=O) groups excluding carboxylic acids is 1. The van der Waals surface area contributed by atoms with E-state index in [4.69, 9.17) is 0 Å². The zero-order valence-electron chi connectivity index (χ0n) is 9.78. The van der Waals surface area contributed by atoms with Crippen LogP contribution in [-0.2, 0) is 10.2 Å². The molecule has 1 aliphatic heterocycles. The zero-order valence-corrected chi connectivity index (χ0v) is 12.2. The fourth-order valence-electron chi connectivity index (χ4n) is 2.17. The molecule has 18 heavy (non-hydrogen) atoms. The number of carbonyl (C=O) groups is 1. The molecule has 2 aliphatic rings. The molecule has 1 heterocycles. The number of halogens is 1. The van der Waals surface area contributed by atoms with E-state index < -0.39 is 0 Å². The monoisotopic (exact) mass is 324 g/mol. The average molecular weight is 325 g/mol. The highest BCUT2D eigenvalue weighted by Crippen LogP contribution is 2.48. The molecular weight excluding hydrogens is 312 g/mol. The van der Waals surface area contributed by atoms with Gasteiger partial charge in [-0.05, 0) is 30.5 Å². The predicted molar refractivity (Wildman–Crippen MR) is 78.0 cm³/mol. The van der Waals surface area contributed by atoms with Gasteiger partial charge in [-0.15, -0.1) is 0 Å². The molecule has 0 unspecified atom stereocenters. The summed E-state index contributed by atoms with van der Waals surface area (Å²) in [4.78, 5) is 16.6. The minimum absolute atomic E-state index is 0.0953. The van der Waals surface area contributed by atoms with Crippen LogP contribution in [-0.4, -0.2) is 23.4 Å². The van der Waals surface area contributed by atoms with E-state index in [1.54, 1.807) is 11.8 Å². The fourth-order valence-corrected chi connectivity index (χ4v) is 3.16. The minimum atomic E-state index is -0.313. The SMILES string of the molecule is O=C(NC1=NCCS1)C1(c2ccc(Br)cc2)CC1. The van der Waals surface area contributed by atoms with Crippen molar-refractivity contribution in [3.8, 4) is 0 Å². The van der Waals surface area contributed by atoms with Crippen molar-refractivity contribution in [3.63, 3.8) is 0 Å². The second-order valence-electron chi connectivity index (χ2n) is 4.58. The van der Waals surface area contributed by atoms with Crippen molar-refractivity contribution in [2.45, 2.75) is 18.3 Å². The third-order valence-electron chi connectivity index (χ3n) is 3.39. The van der Waals surface area contributed by atoms with Crippen LogP contribution in [0.4, 0.5) is 0 Å². The van der Waals surface area contributed by atoms with E-state index in [1.807, 2.05) is 24.3 Å². The number of thioether (sulfide) groups is 1. The summed E-state index contributed by atoms with van der Waals surface area (Å²) in [7, 11) is 0. The summed E-state index contributed by atoms with van der Waals surface area (Å²) in [6.07, 6.45) is 1.86. The van der Waals surface area contributed by atoms with Gasteiger partial charge in [-0.25, -0.2) is 0 Å². The van der Waals surface area contributed by atoms with E-state index in [1.165, 1.54) is 0 Å². The van der Waals surface area contributed by atoms with E-state index in [2.05, 4.69) is 26.2 Å². The summed E-state index contributed by atoms with van der Waals surface area (Å²) in [5, 5.41) is 3.74. The van der Waals surface area contributed by atoms with Crippen molar-refractivity contribution in [2.24, 2.45) is 4.99 Å². The van der Waals surface area contributed by atoms with Gasteiger partial charge in [0, 0.05) is 10.2 Å². The fraction of sp³-hybridized carbons (Fsp3) is 0.385. The number of rotatable bonds is 2. The first-order valence-corrected chi connectivity index (χ1v) is 7.73. The smallest absolute Gasteiger partial charge is 0.236 e. The number of benzene rings is 1. The lowest BCUT2D eigenvalue weighted by Crippen LogP contribution is -2.37. The Morgan fingerprint density at radius 1 is 1.33 bits per heavy atom. The molecule has 0 radical (unpaired) electrons. The Morgan fingerprint density at radius 2 is 2.06 bits per heavy atom. The molecule has 1 N–H and O–H groups in total. The molecular formula is C13H13BrN2OS. The molecule has 3 nitrogen and oxygen atoms in total. The van der Waals surface area contributed by atoms with Crippen molar-refractivity contribution >= 4 is 38.8 Å². The van der Waals surface area contributed by atoms with Crippen LogP contribution in [0.25, 0.3) is 0 Å². The van der Waals surface area contributed by atoms with E-state index in [0.29, 0.717) is 0 Å². The largest absolute Gasteiger partial charge is 0.305 e. The van der Waals surface area contributed by atoms with Gasteiger partial charge < -0.3 is 5.32 Å². The first-order chi connectivity index (χ1) is 8.71. The first-order valence-electron chi connectivity index (χ1n) is 5.95. The first kappa shape index (κ1) is 12.2. The van der Waals surface area contributed by atoms with Gasteiger partial charge in [0.2, 0.25) is 5.91 Å². The van der Waals surface area contributed by atoms with Gasteiger partial charge in [0.15, 0.2) is 5.17 Å². The Bertz CT molecular complexity index is 508. The normalized spacial score (nSPS) is 20.4. The number of hydrogen-bond acceptors (Lipinski definition) is 3. The van der Waals surface area contributed by atoms with Crippen LogP contribution in [0.2, 0.25) is 0 Å². The molecule has 0 atom stereocenters. The van der Waals surface area contributed by atoms with Gasteiger partial charge in [0.05, 0.1) is 12.0 Å². The number of nitrogens with zero attached hydrogens (tertiary/aromatic N) is 1. The Kier molecular flexibility index (Phi) is 3.20. The third-order valence-corrected chi connectivity index (χ3v) is 4.81.